The molecule has 4 aromatic heterocycles. The molecule has 2 aliphatic carbocycles. The first-order chi connectivity index (χ1) is 19.5. The molecule has 0 aromatic carbocycles. The van der Waals surface area contributed by atoms with Crippen LogP contribution in [-0.2, 0) is 11.3 Å². The van der Waals surface area contributed by atoms with E-state index in [0.29, 0.717) is 28.4 Å². The fraction of sp³-hybridized carbons (Fsp3) is 0.552. The van der Waals surface area contributed by atoms with E-state index in [1.54, 1.807) is 12.4 Å². The van der Waals surface area contributed by atoms with Gasteiger partial charge in [0.15, 0.2) is 0 Å². The van der Waals surface area contributed by atoms with Crippen molar-refractivity contribution in [3.63, 3.8) is 0 Å². The summed E-state index contributed by atoms with van der Waals surface area (Å²) in [5, 5.41) is 4.44. The summed E-state index contributed by atoms with van der Waals surface area (Å²) in [4.78, 5) is 31.6. The van der Waals surface area contributed by atoms with Gasteiger partial charge in [0.05, 0.1) is 33.9 Å². The zero-order valence-electron chi connectivity index (χ0n) is 22.7. The van der Waals surface area contributed by atoms with Gasteiger partial charge in [-0.2, -0.15) is 0 Å². The minimum Gasteiger partial charge on any atom is -0.376 e. The number of imidazole rings is 1. The Bertz CT molecular complexity index is 1570. The SMILES string of the molecule is CC1CCC(Cn2c(N3CCCOC4CCCC43)nc3cc(-c4noc(=O)[nH]4)nc(-c4cncc(Cl)c4)c32)CC1. The lowest BCUT2D eigenvalue weighted by molar-refractivity contribution is 0.0589. The molecule has 10 nitrogen and oxygen atoms in total. The van der Waals surface area contributed by atoms with Crippen molar-refractivity contribution in [2.24, 2.45) is 11.8 Å². The second kappa shape index (κ2) is 10.6. The van der Waals surface area contributed by atoms with Crippen LogP contribution >= 0.6 is 11.6 Å². The van der Waals surface area contributed by atoms with Gasteiger partial charge in [-0.15, -0.1) is 0 Å². The number of pyridine rings is 2. The second-order valence-corrected chi connectivity index (χ2v) is 12.1. The summed E-state index contributed by atoms with van der Waals surface area (Å²) in [6.07, 6.45) is 12.9. The molecule has 0 radical (unpaired) electrons. The van der Waals surface area contributed by atoms with Crippen molar-refractivity contribution in [3.8, 4) is 22.8 Å². The molecule has 40 heavy (non-hydrogen) atoms. The highest BCUT2D eigenvalue weighted by molar-refractivity contribution is 6.30. The molecule has 2 unspecified atom stereocenters. The maximum Gasteiger partial charge on any atom is 0.439 e. The first-order valence-electron chi connectivity index (χ1n) is 14.5. The van der Waals surface area contributed by atoms with Gasteiger partial charge < -0.3 is 14.2 Å². The number of nitrogens with one attached hydrogen (secondary N) is 1. The Morgan fingerprint density at radius 2 is 1.95 bits per heavy atom. The van der Waals surface area contributed by atoms with E-state index in [0.717, 1.165) is 73.8 Å². The van der Waals surface area contributed by atoms with Gasteiger partial charge in [-0.05, 0) is 62.5 Å². The Labute approximate surface area is 237 Å². The molecule has 0 bridgehead atoms. The van der Waals surface area contributed by atoms with Crippen molar-refractivity contribution >= 4 is 28.6 Å². The van der Waals surface area contributed by atoms with E-state index in [2.05, 4.69) is 31.5 Å². The van der Waals surface area contributed by atoms with Crippen molar-refractivity contribution in [1.29, 1.82) is 0 Å². The molecule has 2 saturated carbocycles. The molecular formula is C29H34ClN7O3. The normalized spacial score (nSPS) is 25.3. The van der Waals surface area contributed by atoms with Crippen LogP contribution in [-0.4, -0.2) is 55.0 Å². The number of rotatable bonds is 5. The van der Waals surface area contributed by atoms with Gasteiger partial charge in [0.25, 0.3) is 0 Å². The van der Waals surface area contributed by atoms with E-state index in [4.69, 9.17) is 30.8 Å². The Kier molecular flexibility index (Phi) is 6.83. The highest BCUT2D eigenvalue weighted by Gasteiger charge is 2.37. The second-order valence-electron chi connectivity index (χ2n) is 11.7. The maximum absolute atomic E-state index is 11.8. The zero-order valence-corrected chi connectivity index (χ0v) is 23.4. The Morgan fingerprint density at radius 1 is 1.07 bits per heavy atom. The van der Waals surface area contributed by atoms with Crippen LogP contribution in [0.3, 0.4) is 0 Å². The average Bonchev–Trinajstić information content (AvgIpc) is 3.66. The van der Waals surface area contributed by atoms with Gasteiger partial charge in [0.1, 0.15) is 5.69 Å². The lowest BCUT2D eigenvalue weighted by Gasteiger charge is -2.33. The van der Waals surface area contributed by atoms with Gasteiger partial charge in [0, 0.05) is 37.7 Å². The van der Waals surface area contributed by atoms with E-state index in [1.165, 1.54) is 25.7 Å². The fourth-order valence-corrected chi connectivity index (χ4v) is 7.03. The molecule has 1 aliphatic heterocycles. The Balaban J connectivity index is 1.45. The average molecular weight is 564 g/mol. The van der Waals surface area contributed by atoms with E-state index in [1.807, 2.05) is 12.1 Å². The van der Waals surface area contributed by atoms with Crippen LogP contribution < -0.4 is 10.7 Å². The molecule has 210 valence electrons. The summed E-state index contributed by atoms with van der Waals surface area (Å²) < 4.78 is 13.5. The number of H-pyrrole nitrogens is 1. The Morgan fingerprint density at radius 3 is 2.75 bits per heavy atom. The predicted octanol–water partition coefficient (Wildman–Crippen LogP) is 5.46. The lowest BCUT2D eigenvalue weighted by Crippen LogP contribution is -2.41. The first-order valence-corrected chi connectivity index (χ1v) is 14.9. The van der Waals surface area contributed by atoms with Crippen molar-refractivity contribution < 1.29 is 9.26 Å². The molecule has 1 saturated heterocycles. The molecule has 3 aliphatic rings. The van der Waals surface area contributed by atoms with Crippen LogP contribution in [0.25, 0.3) is 33.8 Å². The number of ether oxygens (including phenoxy) is 1. The zero-order chi connectivity index (χ0) is 27.2. The van der Waals surface area contributed by atoms with Gasteiger partial charge >= 0.3 is 5.76 Å². The van der Waals surface area contributed by atoms with Gasteiger partial charge in [0.2, 0.25) is 11.8 Å². The number of fused-ring (bicyclic) bond motifs is 2. The van der Waals surface area contributed by atoms with E-state index < -0.39 is 5.76 Å². The van der Waals surface area contributed by atoms with Crippen LogP contribution in [0.15, 0.2) is 33.8 Å². The number of aromatic amines is 1. The number of hydrogen-bond acceptors (Lipinski definition) is 8. The van der Waals surface area contributed by atoms with E-state index in [-0.39, 0.29) is 11.9 Å². The third-order valence-electron chi connectivity index (χ3n) is 8.89. The monoisotopic (exact) mass is 563 g/mol. The summed E-state index contributed by atoms with van der Waals surface area (Å²) >= 11 is 6.41. The van der Waals surface area contributed by atoms with E-state index >= 15 is 0 Å². The minimum absolute atomic E-state index is 0.233. The topological polar surface area (TPSA) is 115 Å². The molecule has 2 atom stereocenters. The summed E-state index contributed by atoms with van der Waals surface area (Å²) in [6, 6.07) is 4.08. The lowest BCUT2D eigenvalue weighted by atomic mass is 9.83. The fourth-order valence-electron chi connectivity index (χ4n) is 6.85. The molecule has 7 rings (SSSR count). The summed E-state index contributed by atoms with van der Waals surface area (Å²) in [6.45, 7) is 4.91. The summed E-state index contributed by atoms with van der Waals surface area (Å²) in [5.74, 6) is 1.95. The number of hydrogen-bond donors (Lipinski definition) is 1. The van der Waals surface area contributed by atoms with Gasteiger partial charge in [-0.3, -0.25) is 14.5 Å². The highest BCUT2D eigenvalue weighted by atomic mass is 35.5. The van der Waals surface area contributed by atoms with Crippen molar-refractivity contribution in [3.05, 3.63) is 40.1 Å². The van der Waals surface area contributed by atoms with Gasteiger partial charge in [-0.1, -0.05) is 36.5 Å². The number of nitrogens with zero attached hydrogens (tertiary/aromatic N) is 6. The van der Waals surface area contributed by atoms with Crippen molar-refractivity contribution in [2.75, 3.05) is 18.1 Å². The third-order valence-corrected chi connectivity index (χ3v) is 9.10. The molecule has 11 heteroatoms. The molecular weight excluding hydrogens is 530 g/mol. The van der Waals surface area contributed by atoms with Crippen LogP contribution in [0.5, 0.6) is 0 Å². The third kappa shape index (κ3) is 4.81. The minimum atomic E-state index is -0.627. The standard InChI is InChI=1S/C29H34ClN7O3/c1-17-6-8-18(9-7-17)16-37-26-21(33-28(37)36-10-3-11-39-24-5-2-4-23(24)36)13-22(27-34-29(38)40-35-27)32-25(26)19-12-20(30)15-31-14-19/h12-15,17-18,23-24H,2-11,16H2,1H3,(H,34,35,38). The van der Waals surface area contributed by atoms with Gasteiger partial charge in [-0.25, -0.2) is 14.8 Å². The maximum atomic E-state index is 11.8. The quantitative estimate of drug-likeness (QED) is 0.340. The number of aromatic nitrogens is 6. The van der Waals surface area contributed by atoms with Crippen LogP contribution in [0, 0.1) is 11.8 Å². The smallest absolute Gasteiger partial charge is 0.376 e. The van der Waals surface area contributed by atoms with Crippen LogP contribution in [0.2, 0.25) is 5.02 Å². The number of anilines is 1. The molecule has 0 amide bonds. The molecule has 3 fully saturated rings. The largest absolute Gasteiger partial charge is 0.439 e. The summed E-state index contributed by atoms with van der Waals surface area (Å²) in [7, 11) is 0. The predicted molar refractivity (Wildman–Crippen MR) is 152 cm³/mol. The molecule has 5 heterocycles. The summed E-state index contributed by atoms with van der Waals surface area (Å²) in [5.41, 5.74) is 3.72. The number of halogens is 1. The van der Waals surface area contributed by atoms with Crippen LogP contribution in [0.4, 0.5) is 5.95 Å². The van der Waals surface area contributed by atoms with Crippen molar-refractivity contribution in [1.82, 2.24) is 29.7 Å². The first kappa shape index (κ1) is 25.7. The highest BCUT2D eigenvalue weighted by Crippen LogP contribution is 2.39. The Hall–Kier alpha value is -3.24. The van der Waals surface area contributed by atoms with Crippen molar-refractivity contribution in [2.45, 2.75) is 77.0 Å². The van der Waals surface area contributed by atoms with E-state index in [9.17, 15) is 4.79 Å². The van der Waals surface area contributed by atoms with Crippen LogP contribution in [0.1, 0.15) is 58.3 Å². The molecule has 4 aromatic rings. The molecule has 0 spiro atoms. The molecule has 1 N–H and O–H groups in total.